The third-order valence-corrected chi connectivity index (χ3v) is 2.03. The van der Waals surface area contributed by atoms with E-state index in [4.69, 9.17) is 16.9 Å². The van der Waals surface area contributed by atoms with Gasteiger partial charge in [0, 0.05) is 5.02 Å². The van der Waals surface area contributed by atoms with E-state index in [1.54, 1.807) is 6.07 Å². The smallest absolute Gasteiger partial charge is 0.310 e. The van der Waals surface area contributed by atoms with E-state index < -0.39 is 11.8 Å². The molecule has 0 amide bonds. The van der Waals surface area contributed by atoms with Gasteiger partial charge in [0.2, 0.25) is 0 Å². The number of ether oxygens (including phenoxy) is 1. The fraction of sp³-hybridized carbons (Fsp3) is 0.200. The summed E-state index contributed by atoms with van der Waals surface area (Å²) in [6, 6.07) is 4.08. The minimum atomic E-state index is -0.732. The zero-order valence-electron chi connectivity index (χ0n) is 7.88. The summed E-state index contributed by atoms with van der Waals surface area (Å²) >= 11 is 5.60. The number of esters is 1. The summed E-state index contributed by atoms with van der Waals surface area (Å²) in [5.74, 6) is -1.28. The van der Waals surface area contributed by atoms with Gasteiger partial charge >= 0.3 is 5.97 Å². The number of carbonyl (C=O) groups is 1. The third kappa shape index (κ3) is 2.67. The number of methoxy groups -OCH3 is 1. The Bertz CT molecular complexity index is 440. The molecule has 78 valence electrons. The molecule has 0 aliphatic rings. The third-order valence-electron chi connectivity index (χ3n) is 1.81. The van der Waals surface area contributed by atoms with Crippen LogP contribution in [0.2, 0.25) is 5.02 Å². The van der Waals surface area contributed by atoms with Crippen LogP contribution in [0.5, 0.6) is 0 Å². The van der Waals surface area contributed by atoms with Gasteiger partial charge in [0.1, 0.15) is 11.9 Å². The number of halogens is 2. The van der Waals surface area contributed by atoms with Crippen LogP contribution in [-0.2, 0) is 16.0 Å². The van der Waals surface area contributed by atoms with Crippen molar-refractivity contribution in [3.63, 3.8) is 0 Å². The van der Waals surface area contributed by atoms with E-state index in [2.05, 4.69) is 4.74 Å². The van der Waals surface area contributed by atoms with Gasteiger partial charge in [-0.2, -0.15) is 5.26 Å². The lowest BCUT2D eigenvalue weighted by atomic mass is 10.1. The summed E-state index contributed by atoms with van der Waals surface area (Å²) < 4.78 is 17.6. The quantitative estimate of drug-likeness (QED) is 0.727. The Labute approximate surface area is 91.0 Å². The van der Waals surface area contributed by atoms with E-state index in [0.717, 1.165) is 6.07 Å². The van der Waals surface area contributed by atoms with Crippen LogP contribution in [0.15, 0.2) is 12.1 Å². The second kappa shape index (κ2) is 4.76. The summed E-state index contributed by atoms with van der Waals surface area (Å²) in [5.41, 5.74) is 0.0548. The van der Waals surface area contributed by atoms with Gasteiger partial charge in [-0.3, -0.25) is 4.79 Å². The minimum absolute atomic E-state index is 0.144. The molecule has 0 aliphatic carbocycles. The van der Waals surface area contributed by atoms with Crippen molar-refractivity contribution in [3.8, 4) is 6.07 Å². The van der Waals surface area contributed by atoms with Gasteiger partial charge in [-0.25, -0.2) is 4.39 Å². The molecule has 0 bridgehead atoms. The van der Waals surface area contributed by atoms with Crippen LogP contribution in [0.4, 0.5) is 4.39 Å². The molecule has 1 aromatic carbocycles. The predicted molar refractivity (Wildman–Crippen MR) is 51.8 cm³/mol. The number of nitriles is 1. The predicted octanol–water partition coefficient (Wildman–Crippen LogP) is 2.07. The van der Waals surface area contributed by atoms with E-state index in [1.807, 2.05) is 0 Å². The zero-order valence-corrected chi connectivity index (χ0v) is 8.64. The summed E-state index contributed by atoms with van der Waals surface area (Å²) in [6.07, 6.45) is -0.170. The van der Waals surface area contributed by atoms with E-state index >= 15 is 0 Å². The first kappa shape index (κ1) is 11.5. The molecular weight excluding hydrogens is 221 g/mol. The number of rotatable bonds is 2. The van der Waals surface area contributed by atoms with Crippen molar-refractivity contribution >= 4 is 17.6 Å². The second-order valence-corrected chi connectivity index (χ2v) is 3.22. The van der Waals surface area contributed by atoms with Gasteiger partial charge in [-0.1, -0.05) is 11.6 Å². The highest BCUT2D eigenvalue weighted by molar-refractivity contribution is 6.30. The Morgan fingerprint density at radius 1 is 1.67 bits per heavy atom. The van der Waals surface area contributed by atoms with Crippen LogP contribution < -0.4 is 0 Å². The lowest BCUT2D eigenvalue weighted by Crippen LogP contribution is -2.07. The van der Waals surface area contributed by atoms with Crippen molar-refractivity contribution in [2.45, 2.75) is 6.42 Å². The highest BCUT2D eigenvalue weighted by Gasteiger charge is 2.13. The normalized spacial score (nSPS) is 9.47. The van der Waals surface area contributed by atoms with E-state index in [-0.39, 0.29) is 22.6 Å². The second-order valence-electron chi connectivity index (χ2n) is 2.79. The molecule has 0 fully saturated rings. The van der Waals surface area contributed by atoms with Crippen LogP contribution in [-0.4, -0.2) is 13.1 Å². The van der Waals surface area contributed by atoms with Gasteiger partial charge in [-0.15, -0.1) is 0 Å². The van der Waals surface area contributed by atoms with E-state index in [1.165, 1.54) is 13.2 Å². The van der Waals surface area contributed by atoms with Gasteiger partial charge < -0.3 is 4.74 Å². The van der Waals surface area contributed by atoms with Crippen LogP contribution in [0.1, 0.15) is 11.1 Å². The number of benzene rings is 1. The molecule has 0 N–H and O–H groups in total. The first-order valence-corrected chi connectivity index (χ1v) is 4.41. The monoisotopic (exact) mass is 227 g/mol. The fourth-order valence-electron chi connectivity index (χ4n) is 1.12. The largest absolute Gasteiger partial charge is 0.469 e. The van der Waals surface area contributed by atoms with Gasteiger partial charge in [0.05, 0.1) is 19.1 Å². The zero-order chi connectivity index (χ0) is 11.4. The highest BCUT2D eigenvalue weighted by Crippen LogP contribution is 2.20. The molecule has 0 aromatic heterocycles. The van der Waals surface area contributed by atoms with E-state index in [9.17, 15) is 9.18 Å². The average Bonchev–Trinajstić information content (AvgIpc) is 2.17. The first-order chi connectivity index (χ1) is 7.08. The Hall–Kier alpha value is -1.60. The maximum absolute atomic E-state index is 13.2. The molecule has 3 nitrogen and oxygen atoms in total. The number of hydrogen-bond donors (Lipinski definition) is 0. The molecule has 0 heterocycles. The number of nitrogens with zero attached hydrogens (tertiary/aromatic N) is 1. The fourth-order valence-corrected chi connectivity index (χ4v) is 1.35. The van der Waals surface area contributed by atoms with Crippen LogP contribution in [0.25, 0.3) is 0 Å². The average molecular weight is 228 g/mol. The Kier molecular flexibility index (Phi) is 3.64. The Morgan fingerprint density at radius 2 is 2.33 bits per heavy atom. The molecule has 0 saturated carbocycles. The topological polar surface area (TPSA) is 50.1 Å². The number of carbonyl (C=O) groups excluding carboxylic acids is 1. The van der Waals surface area contributed by atoms with Crippen LogP contribution in [0, 0.1) is 17.1 Å². The lowest BCUT2D eigenvalue weighted by molar-refractivity contribution is -0.139. The molecule has 5 heteroatoms. The van der Waals surface area contributed by atoms with Crippen molar-refractivity contribution in [1.82, 2.24) is 0 Å². The minimum Gasteiger partial charge on any atom is -0.469 e. The lowest BCUT2D eigenvalue weighted by Gasteiger charge is -2.04. The SMILES string of the molecule is COC(=O)Cc1cc(Cl)cc(F)c1C#N. The molecule has 0 radical (unpaired) electrons. The standard InChI is InChI=1S/C10H7ClFNO2/c1-15-10(14)3-6-2-7(11)4-9(12)8(6)5-13/h2,4H,3H2,1H3. The molecule has 0 aliphatic heterocycles. The number of hydrogen-bond acceptors (Lipinski definition) is 3. The van der Waals surface area contributed by atoms with Gasteiger partial charge in [0.25, 0.3) is 0 Å². The Morgan fingerprint density at radius 3 is 2.87 bits per heavy atom. The van der Waals surface area contributed by atoms with Gasteiger partial charge in [-0.05, 0) is 17.7 Å². The summed E-state index contributed by atoms with van der Waals surface area (Å²) in [5, 5.41) is 8.83. The van der Waals surface area contributed by atoms with Crippen molar-refractivity contribution < 1.29 is 13.9 Å². The molecule has 15 heavy (non-hydrogen) atoms. The van der Waals surface area contributed by atoms with Crippen molar-refractivity contribution in [1.29, 1.82) is 5.26 Å². The van der Waals surface area contributed by atoms with Crippen molar-refractivity contribution in [2.24, 2.45) is 0 Å². The molecule has 0 atom stereocenters. The Balaban J connectivity index is 3.16. The summed E-state index contributed by atoms with van der Waals surface area (Å²) in [4.78, 5) is 11.0. The highest BCUT2D eigenvalue weighted by atomic mass is 35.5. The van der Waals surface area contributed by atoms with Crippen LogP contribution in [0.3, 0.4) is 0 Å². The maximum Gasteiger partial charge on any atom is 0.310 e. The summed E-state index contributed by atoms with van der Waals surface area (Å²) in [6.45, 7) is 0. The van der Waals surface area contributed by atoms with E-state index in [0.29, 0.717) is 0 Å². The first-order valence-electron chi connectivity index (χ1n) is 4.03. The molecule has 1 aromatic rings. The molecule has 0 unspecified atom stereocenters. The van der Waals surface area contributed by atoms with Crippen molar-refractivity contribution in [3.05, 3.63) is 34.1 Å². The molecule has 0 spiro atoms. The van der Waals surface area contributed by atoms with Gasteiger partial charge in [0.15, 0.2) is 0 Å². The van der Waals surface area contributed by atoms with Crippen LogP contribution >= 0.6 is 11.6 Å². The van der Waals surface area contributed by atoms with Crippen molar-refractivity contribution in [2.75, 3.05) is 7.11 Å². The maximum atomic E-state index is 13.2. The molecule has 1 rings (SSSR count). The molecule has 0 saturated heterocycles. The summed E-state index contributed by atoms with van der Waals surface area (Å²) in [7, 11) is 1.22. The molecular formula is C10H7ClFNO2.